The molecular weight excluding hydrogens is 621 g/mol. The van der Waals surface area contributed by atoms with Crippen LogP contribution in [0.4, 0.5) is 32.3 Å². The molecule has 2 aromatic heterocycles. The molecule has 0 aliphatic heterocycles. The highest BCUT2D eigenvalue weighted by atomic mass is 127. The molecule has 0 radical (unpaired) electrons. The van der Waals surface area contributed by atoms with Gasteiger partial charge < -0.3 is 32.4 Å². The number of benzene rings is 2. The first kappa shape index (κ1) is 29.5. The van der Waals surface area contributed by atoms with Crippen molar-refractivity contribution in [3.8, 4) is 23.0 Å². The van der Waals surface area contributed by atoms with E-state index in [4.69, 9.17) is 32.4 Å². The van der Waals surface area contributed by atoms with Crippen LogP contribution < -0.4 is 32.4 Å². The van der Waals surface area contributed by atoms with Gasteiger partial charge in [-0.25, -0.2) is 18.7 Å². The maximum absolute atomic E-state index is 13.7. The van der Waals surface area contributed by atoms with Crippen LogP contribution >= 0.6 is 22.6 Å². The molecule has 0 saturated heterocycles. The molecule has 4 aromatic rings. The van der Waals surface area contributed by atoms with Crippen molar-refractivity contribution in [3.63, 3.8) is 0 Å². The number of nitrogen functional groups attached to an aromatic ring is 4. The van der Waals surface area contributed by atoms with Crippen LogP contribution in [0.2, 0.25) is 0 Å². The van der Waals surface area contributed by atoms with E-state index < -0.39 is 0 Å². The lowest BCUT2D eigenvalue weighted by Gasteiger charge is -2.15. The summed E-state index contributed by atoms with van der Waals surface area (Å²) in [5.41, 5.74) is 23.8. The summed E-state index contributed by atoms with van der Waals surface area (Å²) in [6, 6.07) is 7.42. The molecule has 0 fully saturated rings. The number of hydrogen-bond donors (Lipinski definition) is 4. The zero-order valence-electron chi connectivity index (χ0n) is 21.7. The molecule has 206 valence electrons. The van der Waals surface area contributed by atoms with Crippen molar-refractivity contribution in [2.45, 2.75) is 39.5 Å². The molecule has 0 spiro atoms. The summed E-state index contributed by atoms with van der Waals surface area (Å²) < 4.78 is 38.7. The smallest absolute Gasteiger partial charge is 0.222 e. The SMILES string of the molecule is CC(C)c1cc(F)c(I)cc1Oc1cnc(N)nc1N.CC(C)c1cc(F)ccc1Oc1cnc(N)nc1N. The van der Waals surface area contributed by atoms with Crippen LogP contribution in [0, 0.1) is 15.2 Å². The van der Waals surface area contributed by atoms with Crippen molar-refractivity contribution in [3.05, 3.63) is 69.1 Å². The fourth-order valence-corrected chi connectivity index (χ4v) is 3.78. The molecule has 10 nitrogen and oxygen atoms in total. The van der Waals surface area contributed by atoms with Gasteiger partial charge in [0.1, 0.15) is 23.1 Å². The van der Waals surface area contributed by atoms with Crippen molar-refractivity contribution in [2.24, 2.45) is 0 Å². The molecule has 2 heterocycles. The van der Waals surface area contributed by atoms with E-state index in [2.05, 4.69) is 19.9 Å². The number of nitrogens with zero attached hydrogens (tertiary/aromatic N) is 4. The first-order chi connectivity index (χ1) is 18.3. The van der Waals surface area contributed by atoms with Crippen LogP contribution in [0.5, 0.6) is 23.0 Å². The largest absolute Gasteiger partial charge is 0.452 e. The number of anilines is 4. The zero-order valence-corrected chi connectivity index (χ0v) is 23.9. The Kier molecular flexibility index (Phi) is 9.61. The molecule has 0 amide bonds. The first-order valence-corrected chi connectivity index (χ1v) is 12.8. The van der Waals surface area contributed by atoms with Gasteiger partial charge in [0.05, 0.1) is 16.0 Å². The Morgan fingerprint density at radius 3 is 1.67 bits per heavy atom. The second kappa shape index (κ2) is 12.7. The minimum atomic E-state index is -0.308. The molecule has 13 heteroatoms. The van der Waals surface area contributed by atoms with Crippen molar-refractivity contribution in [1.82, 2.24) is 19.9 Å². The van der Waals surface area contributed by atoms with Gasteiger partial charge in [-0.15, -0.1) is 0 Å². The summed E-state index contributed by atoms with van der Waals surface area (Å²) in [4.78, 5) is 15.3. The third kappa shape index (κ3) is 7.75. The Morgan fingerprint density at radius 2 is 1.18 bits per heavy atom. The summed E-state index contributed by atoms with van der Waals surface area (Å²) in [7, 11) is 0. The van der Waals surface area contributed by atoms with Crippen molar-refractivity contribution in [2.75, 3.05) is 22.9 Å². The molecular formula is C26H29F2IN8O2. The van der Waals surface area contributed by atoms with Crippen molar-refractivity contribution >= 4 is 46.1 Å². The number of aromatic nitrogens is 4. The zero-order chi connectivity index (χ0) is 28.9. The molecule has 0 unspecified atom stereocenters. The van der Waals surface area contributed by atoms with E-state index in [0.717, 1.165) is 11.1 Å². The summed E-state index contributed by atoms with van der Waals surface area (Å²) in [6.07, 6.45) is 2.79. The van der Waals surface area contributed by atoms with E-state index >= 15 is 0 Å². The maximum atomic E-state index is 13.7. The molecule has 8 N–H and O–H groups in total. The van der Waals surface area contributed by atoms with E-state index in [1.165, 1.54) is 30.6 Å². The highest BCUT2D eigenvalue weighted by Crippen LogP contribution is 2.35. The Labute approximate surface area is 238 Å². The maximum Gasteiger partial charge on any atom is 0.222 e. The molecule has 0 atom stereocenters. The van der Waals surface area contributed by atoms with Gasteiger partial charge in [-0.1, -0.05) is 27.7 Å². The van der Waals surface area contributed by atoms with Gasteiger partial charge in [-0.3, -0.25) is 0 Å². The minimum Gasteiger partial charge on any atom is -0.452 e. The lowest BCUT2D eigenvalue weighted by atomic mass is 10.0. The lowest BCUT2D eigenvalue weighted by Crippen LogP contribution is -2.03. The van der Waals surface area contributed by atoms with E-state index in [1.54, 1.807) is 12.1 Å². The van der Waals surface area contributed by atoms with Gasteiger partial charge in [0.25, 0.3) is 0 Å². The normalized spacial score (nSPS) is 10.8. The van der Waals surface area contributed by atoms with Gasteiger partial charge in [-0.2, -0.15) is 9.97 Å². The van der Waals surface area contributed by atoms with Crippen LogP contribution in [0.25, 0.3) is 0 Å². The molecule has 2 aromatic carbocycles. The van der Waals surface area contributed by atoms with Crippen molar-refractivity contribution < 1.29 is 18.3 Å². The van der Waals surface area contributed by atoms with Gasteiger partial charge in [0.2, 0.25) is 11.9 Å². The summed E-state index contributed by atoms with van der Waals surface area (Å²) in [5, 5.41) is 0. The second-order valence-electron chi connectivity index (χ2n) is 8.96. The summed E-state index contributed by atoms with van der Waals surface area (Å²) in [5.74, 6) is 1.72. The van der Waals surface area contributed by atoms with Crippen molar-refractivity contribution in [1.29, 1.82) is 0 Å². The average Bonchev–Trinajstić information content (AvgIpc) is 2.85. The van der Waals surface area contributed by atoms with E-state index in [-0.39, 0.29) is 47.0 Å². The highest BCUT2D eigenvalue weighted by molar-refractivity contribution is 14.1. The number of halogens is 3. The van der Waals surface area contributed by atoms with Crippen LogP contribution in [-0.4, -0.2) is 19.9 Å². The quantitative estimate of drug-likeness (QED) is 0.181. The Hall–Kier alpha value is -4.01. The monoisotopic (exact) mass is 650 g/mol. The number of rotatable bonds is 6. The molecule has 0 aliphatic rings. The predicted molar refractivity (Wildman–Crippen MR) is 156 cm³/mol. The standard InChI is InChI=1S/C13H14FIN4O.C13H15FN4O/c1-6(2)7-3-8(14)9(15)4-10(7)20-11-5-18-13(17)19-12(11)16;1-7(2)9-5-8(14)3-4-10(9)19-11-6-17-13(16)18-12(11)15/h3-6H,1-2H3,(H4,16,17,18,19);3-7H,1-2H3,(H4,15,16,17,18). The van der Waals surface area contributed by atoms with Crippen LogP contribution in [0.3, 0.4) is 0 Å². The fourth-order valence-electron chi connectivity index (χ4n) is 3.34. The topological polar surface area (TPSA) is 174 Å². The Balaban J connectivity index is 0.000000216. The van der Waals surface area contributed by atoms with Crippen LogP contribution in [-0.2, 0) is 0 Å². The summed E-state index contributed by atoms with van der Waals surface area (Å²) in [6.45, 7) is 7.81. The summed E-state index contributed by atoms with van der Waals surface area (Å²) >= 11 is 1.91. The van der Waals surface area contributed by atoms with Gasteiger partial charge >= 0.3 is 0 Å². The van der Waals surface area contributed by atoms with Gasteiger partial charge in [-0.05, 0) is 64.8 Å². The fraction of sp³-hybridized carbons (Fsp3) is 0.231. The molecule has 0 bridgehead atoms. The average molecular weight is 650 g/mol. The van der Waals surface area contributed by atoms with Gasteiger partial charge in [0.15, 0.2) is 23.1 Å². The van der Waals surface area contributed by atoms with E-state index in [1.807, 2.05) is 50.3 Å². The Morgan fingerprint density at radius 1 is 0.692 bits per heavy atom. The minimum absolute atomic E-state index is 0.0765. The third-order valence-corrected chi connectivity index (χ3v) is 6.14. The number of hydrogen-bond acceptors (Lipinski definition) is 10. The van der Waals surface area contributed by atoms with Crippen LogP contribution in [0.1, 0.15) is 50.7 Å². The van der Waals surface area contributed by atoms with E-state index in [9.17, 15) is 8.78 Å². The highest BCUT2D eigenvalue weighted by Gasteiger charge is 2.15. The number of ether oxygens (including phenoxy) is 2. The number of nitrogens with two attached hydrogens (primary N) is 4. The Bertz CT molecular complexity index is 1470. The molecule has 39 heavy (non-hydrogen) atoms. The molecule has 0 aliphatic carbocycles. The van der Waals surface area contributed by atoms with Crippen LogP contribution in [0.15, 0.2) is 42.7 Å². The third-order valence-electron chi connectivity index (χ3n) is 5.31. The van der Waals surface area contributed by atoms with E-state index in [0.29, 0.717) is 26.6 Å². The lowest BCUT2D eigenvalue weighted by molar-refractivity contribution is 0.467. The first-order valence-electron chi connectivity index (χ1n) is 11.8. The van der Waals surface area contributed by atoms with Gasteiger partial charge in [0, 0.05) is 11.1 Å². The predicted octanol–water partition coefficient (Wildman–Crippen LogP) is 6.00. The molecule has 0 saturated carbocycles. The second-order valence-corrected chi connectivity index (χ2v) is 10.1. The molecule has 4 rings (SSSR count).